The lowest BCUT2D eigenvalue weighted by molar-refractivity contribution is 0.332. The summed E-state index contributed by atoms with van der Waals surface area (Å²) in [6.45, 7) is 0.642. The molecule has 1 heterocycles. The standard InChI is InChI=1S/C11H11N5O/c12-11-5-4-8-9(15-11)2-1-3-10(8)17-7-6-14-16-13/h1-5H,6-7H2,(H2,12,15). The molecule has 0 saturated carbocycles. The van der Waals surface area contributed by atoms with Crippen molar-refractivity contribution in [2.24, 2.45) is 5.11 Å². The molecule has 0 saturated heterocycles. The van der Waals surface area contributed by atoms with Gasteiger partial charge in [0.15, 0.2) is 0 Å². The third kappa shape index (κ3) is 2.56. The molecule has 0 radical (unpaired) electrons. The Morgan fingerprint density at radius 2 is 2.24 bits per heavy atom. The molecule has 0 bridgehead atoms. The summed E-state index contributed by atoms with van der Waals surface area (Å²) in [5.74, 6) is 1.19. The summed E-state index contributed by atoms with van der Waals surface area (Å²) in [4.78, 5) is 6.85. The molecule has 0 aliphatic heterocycles. The van der Waals surface area contributed by atoms with E-state index in [1.165, 1.54) is 0 Å². The molecule has 2 N–H and O–H groups in total. The van der Waals surface area contributed by atoms with E-state index < -0.39 is 0 Å². The van der Waals surface area contributed by atoms with Crippen molar-refractivity contribution < 1.29 is 4.74 Å². The van der Waals surface area contributed by atoms with Crippen LogP contribution in [0, 0.1) is 0 Å². The number of hydrogen-bond acceptors (Lipinski definition) is 4. The van der Waals surface area contributed by atoms with Gasteiger partial charge >= 0.3 is 0 Å². The van der Waals surface area contributed by atoms with Gasteiger partial charge in [-0.25, -0.2) is 4.98 Å². The summed E-state index contributed by atoms with van der Waals surface area (Å²) >= 11 is 0. The molecule has 0 amide bonds. The van der Waals surface area contributed by atoms with Gasteiger partial charge in [-0.05, 0) is 29.8 Å². The van der Waals surface area contributed by atoms with Crippen LogP contribution in [0.4, 0.5) is 5.82 Å². The minimum Gasteiger partial charge on any atom is -0.493 e. The Labute approximate surface area is 97.6 Å². The highest BCUT2D eigenvalue weighted by Crippen LogP contribution is 2.24. The SMILES string of the molecule is [N-]=[N+]=NCCOc1cccc2nc(N)ccc12. The van der Waals surface area contributed by atoms with Gasteiger partial charge < -0.3 is 10.5 Å². The van der Waals surface area contributed by atoms with Crippen molar-refractivity contribution in [1.82, 2.24) is 4.98 Å². The van der Waals surface area contributed by atoms with Crippen LogP contribution >= 0.6 is 0 Å². The fourth-order valence-corrected chi connectivity index (χ4v) is 1.51. The lowest BCUT2D eigenvalue weighted by Crippen LogP contribution is -2.01. The smallest absolute Gasteiger partial charge is 0.128 e. The average molecular weight is 229 g/mol. The maximum absolute atomic E-state index is 8.14. The van der Waals surface area contributed by atoms with E-state index in [2.05, 4.69) is 15.0 Å². The average Bonchev–Trinajstić information content (AvgIpc) is 2.34. The molecule has 0 aliphatic carbocycles. The summed E-state index contributed by atoms with van der Waals surface area (Å²) in [5.41, 5.74) is 14.5. The highest BCUT2D eigenvalue weighted by molar-refractivity contribution is 5.86. The van der Waals surface area contributed by atoms with Gasteiger partial charge in [0, 0.05) is 10.3 Å². The van der Waals surface area contributed by atoms with Crippen LogP contribution in [0.25, 0.3) is 21.3 Å². The van der Waals surface area contributed by atoms with Gasteiger partial charge in [0.1, 0.15) is 11.6 Å². The van der Waals surface area contributed by atoms with Crippen LogP contribution in [0.3, 0.4) is 0 Å². The Morgan fingerprint density at radius 1 is 1.35 bits per heavy atom. The maximum atomic E-state index is 8.14. The van der Waals surface area contributed by atoms with Gasteiger partial charge in [0.05, 0.1) is 18.7 Å². The van der Waals surface area contributed by atoms with Gasteiger partial charge in [-0.2, -0.15) is 0 Å². The first-order valence-corrected chi connectivity index (χ1v) is 5.10. The normalized spacial score (nSPS) is 9.88. The molecule has 17 heavy (non-hydrogen) atoms. The summed E-state index contributed by atoms with van der Waals surface area (Å²) in [6.07, 6.45) is 0. The van der Waals surface area contributed by atoms with Crippen molar-refractivity contribution in [3.05, 3.63) is 40.8 Å². The molecule has 0 unspecified atom stereocenters. The van der Waals surface area contributed by atoms with Crippen LogP contribution < -0.4 is 10.5 Å². The number of benzene rings is 1. The second-order valence-electron chi connectivity index (χ2n) is 3.36. The van der Waals surface area contributed by atoms with E-state index in [1.54, 1.807) is 6.07 Å². The molecule has 1 aromatic carbocycles. The molecular weight excluding hydrogens is 218 g/mol. The Balaban J connectivity index is 2.25. The van der Waals surface area contributed by atoms with Crippen molar-refractivity contribution >= 4 is 16.7 Å². The molecule has 1 aromatic heterocycles. The van der Waals surface area contributed by atoms with Crippen molar-refractivity contribution in [3.8, 4) is 5.75 Å². The monoisotopic (exact) mass is 229 g/mol. The summed E-state index contributed by atoms with van der Waals surface area (Å²) in [7, 11) is 0. The fourth-order valence-electron chi connectivity index (χ4n) is 1.51. The van der Waals surface area contributed by atoms with Crippen LogP contribution in [0.5, 0.6) is 5.75 Å². The summed E-state index contributed by atoms with van der Waals surface area (Å²) in [6, 6.07) is 9.14. The van der Waals surface area contributed by atoms with Crippen LogP contribution in [-0.4, -0.2) is 18.1 Å². The second-order valence-corrected chi connectivity index (χ2v) is 3.36. The van der Waals surface area contributed by atoms with E-state index in [9.17, 15) is 0 Å². The van der Waals surface area contributed by atoms with E-state index in [-0.39, 0.29) is 0 Å². The number of ether oxygens (including phenoxy) is 1. The van der Waals surface area contributed by atoms with Crippen molar-refractivity contribution in [1.29, 1.82) is 0 Å². The zero-order chi connectivity index (χ0) is 12.1. The molecule has 0 fully saturated rings. The Bertz CT molecular complexity index is 577. The number of rotatable bonds is 4. The number of nitrogens with zero attached hydrogens (tertiary/aromatic N) is 4. The highest BCUT2D eigenvalue weighted by atomic mass is 16.5. The number of hydrogen-bond donors (Lipinski definition) is 1. The largest absolute Gasteiger partial charge is 0.493 e. The first-order chi connectivity index (χ1) is 8.31. The van der Waals surface area contributed by atoms with Gasteiger partial charge in [0.25, 0.3) is 0 Å². The van der Waals surface area contributed by atoms with Crippen LogP contribution in [-0.2, 0) is 0 Å². The minimum atomic E-state index is 0.301. The van der Waals surface area contributed by atoms with Crippen LogP contribution in [0.1, 0.15) is 0 Å². The molecule has 6 heteroatoms. The van der Waals surface area contributed by atoms with E-state index in [0.29, 0.717) is 24.7 Å². The number of anilines is 1. The first-order valence-electron chi connectivity index (χ1n) is 5.10. The predicted octanol–water partition coefficient (Wildman–Crippen LogP) is 2.51. The quantitative estimate of drug-likeness (QED) is 0.377. The lowest BCUT2D eigenvalue weighted by Gasteiger charge is -2.07. The summed E-state index contributed by atoms with van der Waals surface area (Å²) < 4.78 is 5.52. The predicted molar refractivity (Wildman–Crippen MR) is 65.7 cm³/mol. The van der Waals surface area contributed by atoms with Gasteiger partial charge in [-0.15, -0.1) is 0 Å². The molecule has 0 atom stereocenters. The zero-order valence-corrected chi connectivity index (χ0v) is 9.08. The zero-order valence-electron chi connectivity index (χ0n) is 9.08. The number of nitrogen functional groups attached to an aromatic ring is 1. The number of nitrogens with two attached hydrogens (primary N) is 1. The molecule has 0 spiro atoms. The number of fused-ring (bicyclic) bond motifs is 1. The molecule has 0 aliphatic rings. The highest BCUT2D eigenvalue weighted by Gasteiger charge is 2.02. The molecule has 2 rings (SSSR count). The molecular formula is C11H11N5O. The molecule has 2 aromatic rings. The van der Waals surface area contributed by atoms with Gasteiger partial charge in [-0.3, -0.25) is 0 Å². The van der Waals surface area contributed by atoms with E-state index in [0.717, 1.165) is 10.9 Å². The Morgan fingerprint density at radius 3 is 3.06 bits per heavy atom. The number of aromatic nitrogens is 1. The van der Waals surface area contributed by atoms with Crippen molar-refractivity contribution in [2.75, 3.05) is 18.9 Å². The number of pyridine rings is 1. The van der Waals surface area contributed by atoms with Gasteiger partial charge in [0.2, 0.25) is 0 Å². The first kappa shape index (κ1) is 11.0. The molecule has 86 valence electrons. The minimum absolute atomic E-state index is 0.301. The van der Waals surface area contributed by atoms with E-state index in [1.807, 2.05) is 24.3 Å². The fraction of sp³-hybridized carbons (Fsp3) is 0.182. The van der Waals surface area contributed by atoms with Crippen LogP contribution in [0.2, 0.25) is 0 Å². The number of azide groups is 1. The Hall–Kier alpha value is -2.46. The van der Waals surface area contributed by atoms with Crippen molar-refractivity contribution in [2.45, 2.75) is 0 Å². The maximum Gasteiger partial charge on any atom is 0.128 e. The van der Waals surface area contributed by atoms with Crippen molar-refractivity contribution in [3.63, 3.8) is 0 Å². The third-order valence-electron chi connectivity index (χ3n) is 2.23. The second kappa shape index (κ2) is 5.05. The summed E-state index contributed by atoms with van der Waals surface area (Å²) in [5, 5.41) is 4.29. The third-order valence-corrected chi connectivity index (χ3v) is 2.23. The Kier molecular flexibility index (Phi) is 3.28. The van der Waals surface area contributed by atoms with E-state index >= 15 is 0 Å². The molecule has 6 nitrogen and oxygen atoms in total. The van der Waals surface area contributed by atoms with Crippen LogP contribution in [0.15, 0.2) is 35.4 Å². The lowest BCUT2D eigenvalue weighted by atomic mass is 10.2. The topological polar surface area (TPSA) is 96.9 Å². The van der Waals surface area contributed by atoms with E-state index in [4.69, 9.17) is 16.0 Å². The van der Waals surface area contributed by atoms with Gasteiger partial charge in [-0.1, -0.05) is 11.2 Å².